The van der Waals surface area contributed by atoms with Gasteiger partial charge in [0.2, 0.25) is 0 Å². The Morgan fingerprint density at radius 3 is 2.33 bits per heavy atom. The van der Waals surface area contributed by atoms with E-state index in [0.717, 1.165) is 32.8 Å². The van der Waals surface area contributed by atoms with Crippen LogP contribution in [0.1, 0.15) is 52.9 Å². The molecular formula is C17H36N2O2. The molecule has 0 heterocycles. The number of hydrogen-bond acceptors (Lipinski definition) is 4. The van der Waals surface area contributed by atoms with Crippen molar-refractivity contribution in [2.24, 2.45) is 5.41 Å². The van der Waals surface area contributed by atoms with E-state index < -0.39 is 0 Å². The summed E-state index contributed by atoms with van der Waals surface area (Å²) in [6.07, 6.45) is 6.64. The predicted molar refractivity (Wildman–Crippen MR) is 88.7 cm³/mol. The van der Waals surface area contributed by atoms with Crippen molar-refractivity contribution < 1.29 is 9.84 Å². The summed E-state index contributed by atoms with van der Waals surface area (Å²) in [6, 6.07) is 0. The molecule has 0 aromatic carbocycles. The summed E-state index contributed by atoms with van der Waals surface area (Å²) in [5.74, 6) is 0. The summed E-state index contributed by atoms with van der Waals surface area (Å²) in [6.45, 7) is 11.5. The maximum Gasteiger partial charge on any atom is 0.0589 e. The number of nitrogens with zero attached hydrogens (tertiary/aromatic N) is 1. The molecule has 1 aliphatic rings. The van der Waals surface area contributed by atoms with Crippen LogP contribution in [0.15, 0.2) is 0 Å². The van der Waals surface area contributed by atoms with Gasteiger partial charge in [-0.2, -0.15) is 0 Å². The van der Waals surface area contributed by atoms with Gasteiger partial charge in [0.1, 0.15) is 0 Å². The number of nitrogens with one attached hydrogen (secondary N) is 1. The van der Waals surface area contributed by atoms with Gasteiger partial charge in [-0.05, 0) is 39.0 Å². The molecule has 1 fully saturated rings. The fraction of sp³-hybridized carbons (Fsp3) is 1.00. The molecule has 0 saturated heterocycles. The SMILES string of the molecule is COCCN(CCO)CC1(CNC(C)(C)C)CCCCC1. The number of aliphatic hydroxyl groups is 1. The van der Waals surface area contributed by atoms with E-state index in [1.807, 2.05) is 0 Å². The lowest BCUT2D eigenvalue weighted by Gasteiger charge is -2.43. The van der Waals surface area contributed by atoms with E-state index in [1.54, 1.807) is 7.11 Å². The van der Waals surface area contributed by atoms with Crippen molar-refractivity contribution in [1.82, 2.24) is 10.2 Å². The molecule has 0 aromatic heterocycles. The van der Waals surface area contributed by atoms with Gasteiger partial charge in [0.25, 0.3) is 0 Å². The highest BCUT2D eigenvalue weighted by molar-refractivity contribution is 4.90. The van der Waals surface area contributed by atoms with Crippen LogP contribution in [0.5, 0.6) is 0 Å². The number of hydrogen-bond donors (Lipinski definition) is 2. The third-order valence-electron chi connectivity index (χ3n) is 4.49. The zero-order valence-corrected chi connectivity index (χ0v) is 14.6. The summed E-state index contributed by atoms with van der Waals surface area (Å²) >= 11 is 0. The third-order valence-corrected chi connectivity index (χ3v) is 4.49. The van der Waals surface area contributed by atoms with E-state index >= 15 is 0 Å². The molecule has 21 heavy (non-hydrogen) atoms. The molecule has 4 heteroatoms. The minimum absolute atomic E-state index is 0.165. The van der Waals surface area contributed by atoms with Crippen molar-refractivity contribution in [1.29, 1.82) is 0 Å². The van der Waals surface area contributed by atoms with Crippen molar-refractivity contribution in [2.45, 2.75) is 58.4 Å². The highest BCUT2D eigenvalue weighted by Crippen LogP contribution is 2.37. The lowest BCUT2D eigenvalue weighted by molar-refractivity contribution is 0.0638. The van der Waals surface area contributed by atoms with Gasteiger partial charge >= 0.3 is 0 Å². The molecule has 1 saturated carbocycles. The molecule has 0 radical (unpaired) electrons. The highest BCUT2D eigenvalue weighted by Gasteiger charge is 2.34. The molecule has 0 spiro atoms. The van der Waals surface area contributed by atoms with E-state index in [1.165, 1.54) is 32.1 Å². The first-order valence-electron chi connectivity index (χ1n) is 8.48. The zero-order valence-electron chi connectivity index (χ0n) is 14.6. The Bertz CT molecular complexity index is 270. The van der Waals surface area contributed by atoms with Gasteiger partial charge < -0.3 is 15.2 Å². The third kappa shape index (κ3) is 7.59. The van der Waals surface area contributed by atoms with Crippen molar-refractivity contribution in [2.75, 3.05) is 46.5 Å². The highest BCUT2D eigenvalue weighted by atomic mass is 16.5. The smallest absolute Gasteiger partial charge is 0.0589 e. The zero-order chi connectivity index (χ0) is 15.8. The van der Waals surface area contributed by atoms with Crippen LogP contribution in [-0.2, 0) is 4.74 Å². The first-order chi connectivity index (χ1) is 9.91. The second kappa shape index (κ2) is 9.09. The fourth-order valence-corrected chi connectivity index (χ4v) is 3.25. The number of methoxy groups -OCH3 is 1. The van der Waals surface area contributed by atoms with Crippen LogP contribution in [0.25, 0.3) is 0 Å². The molecule has 0 aliphatic heterocycles. The summed E-state index contributed by atoms with van der Waals surface area (Å²) in [5, 5.41) is 13.0. The van der Waals surface area contributed by atoms with Crippen LogP contribution in [0.2, 0.25) is 0 Å². The molecule has 1 aliphatic carbocycles. The van der Waals surface area contributed by atoms with Gasteiger partial charge in [0.05, 0.1) is 13.2 Å². The van der Waals surface area contributed by atoms with Crippen LogP contribution in [-0.4, -0.2) is 62.0 Å². The predicted octanol–water partition coefficient (Wildman–Crippen LogP) is 2.27. The largest absolute Gasteiger partial charge is 0.395 e. The second-order valence-electron chi connectivity index (χ2n) is 7.66. The summed E-state index contributed by atoms with van der Waals surface area (Å²) < 4.78 is 5.22. The van der Waals surface area contributed by atoms with Gasteiger partial charge in [-0.3, -0.25) is 4.90 Å². The number of ether oxygens (including phenoxy) is 1. The van der Waals surface area contributed by atoms with Gasteiger partial charge in [-0.1, -0.05) is 19.3 Å². The standard InChI is InChI=1S/C17H36N2O2/c1-16(2,3)18-14-17(8-6-5-7-9-17)15-19(10-12-20)11-13-21-4/h18,20H,5-15H2,1-4H3. The Hall–Kier alpha value is -0.160. The number of aliphatic hydroxyl groups excluding tert-OH is 1. The van der Waals surface area contributed by atoms with E-state index in [2.05, 4.69) is 31.0 Å². The first-order valence-corrected chi connectivity index (χ1v) is 8.48. The van der Waals surface area contributed by atoms with Crippen LogP contribution in [0.3, 0.4) is 0 Å². The van der Waals surface area contributed by atoms with Crippen molar-refractivity contribution in [3.63, 3.8) is 0 Å². The summed E-state index contributed by atoms with van der Waals surface area (Å²) in [5.41, 5.74) is 0.521. The van der Waals surface area contributed by atoms with Gasteiger partial charge in [0, 0.05) is 38.8 Å². The van der Waals surface area contributed by atoms with E-state index in [4.69, 9.17) is 4.74 Å². The lowest BCUT2D eigenvalue weighted by Crippen LogP contribution is -2.50. The Kier molecular flexibility index (Phi) is 8.17. The van der Waals surface area contributed by atoms with Crippen LogP contribution < -0.4 is 5.32 Å². The molecular weight excluding hydrogens is 264 g/mol. The lowest BCUT2D eigenvalue weighted by atomic mass is 9.73. The summed E-state index contributed by atoms with van der Waals surface area (Å²) in [7, 11) is 1.74. The molecule has 0 atom stereocenters. The minimum Gasteiger partial charge on any atom is -0.395 e. The molecule has 0 unspecified atom stereocenters. The second-order valence-corrected chi connectivity index (χ2v) is 7.66. The van der Waals surface area contributed by atoms with E-state index in [-0.39, 0.29) is 12.1 Å². The van der Waals surface area contributed by atoms with Gasteiger partial charge in [-0.15, -0.1) is 0 Å². The maximum absolute atomic E-state index is 9.31. The van der Waals surface area contributed by atoms with Crippen molar-refractivity contribution in [3.05, 3.63) is 0 Å². The molecule has 126 valence electrons. The van der Waals surface area contributed by atoms with Crippen molar-refractivity contribution in [3.8, 4) is 0 Å². The van der Waals surface area contributed by atoms with Crippen molar-refractivity contribution >= 4 is 0 Å². The van der Waals surface area contributed by atoms with E-state index in [9.17, 15) is 5.11 Å². The summed E-state index contributed by atoms with van der Waals surface area (Å²) in [4.78, 5) is 2.37. The molecule has 0 amide bonds. The number of rotatable bonds is 9. The molecule has 4 nitrogen and oxygen atoms in total. The molecule has 2 N–H and O–H groups in total. The van der Waals surface area contributed by atoms with Crippen LogP contribution >= 0.6 is 0 Å². The minimum atomic E-state index is 0.165. The monoisotopic (exact) mass is 300 g/mol. The Morgan fingerprint density at radius 2 is 1.81 bits per heavy atom. The molecule has 1 rings (SSSR count). The Morgan fingerprint density at radius 1 is 1.14 bits per heavy atom. The van der Waals surface area contributed by atoms with Gasteiger partial charge in [-0.25, -0.2) is 0 Å². The molecule has 0 bridgehead atoms. The topological polar surface area (TPSA) is 44.7 Å². The fourth-order valence-electron chi connectivity index (χ4n) is 3.25. The van der Waals surface area contributed by atoms with Gasteiger partial charge in [0.15, 0.2) is 0 Å². The average Bonchev–Trinajstić information content (AvgIpc) is 2.43. The average molecular weight is 300 g/mol. The van der Waals surface area contributed by atoms with E-state index in [0.29, 0.717) is 5.41 Å². The first kappa shape index (κ1) is 18.9. The molecule has 0 aromatic rings. The quantitative estimate of drug-likeness (QED) is 0.685. The maximum atomic E-state index is 9.31. The van der Waals surface area contributed by atoms with Crippen LogP contribution in [0.4, 0.5) is 0 Å². The van der Waals surface area contributed by atoms with Crippen LogP contribution in [0, 0.1) is 5.41 Å². The normalized spacial score (nSPS) is 19.1. The Labute approximate surface area is 131 Å². The Balaban J connectivity index is 2.65.